The van der Waals surface area contributed by atoms with Crippen LogP contribution in [0, 0.1) is 5.82 Å². The molecule has 0 heterocycles. The Morgan fingerprint density at radius 2 is 2.16 bits per heavy atom. The summed E-state index contributed by atoms with van der Waals surface area (Å²) in [6, 6.07) is 2.26. The number of carbonyl (C=O) groups is 1. The van der Waals surface area contributed by atoms with Crippen molar-refractivity contribution in [3.05, 3.63) is 28.5 Å². The number of thiocarbonyl (C=S) groups is 1. The monoisotopic (exact) mass is 299 g/mol. The predicted octanol–water partition coefficient (Wildman–Crippen LogP) is 4.31. The van der Waals surface area contributed by atoms with Gasteiger partial charge in [0.15, 0.2) is 5.82 Å². The molecule has 19 heavy (non-hydrogen) atoms. The normalized spacial score (nSPS) is 15.1. The van der Waals surface area contributed by atoms with Crippen LogP contribution in [0.25, 0.3) is 0 Å². The highest BCUT2D eigenvalue weighted by molar-refractivity contribution is 7.78. The van der Waals surface area contributed by atoms with Gasteiger partial charge in [-0.25, -0.2) is 9.18 Å². The van der Waals surface area contributed by atoms with E-state index in [0.717, 1.165) is 31.7 Å². The number of ether oxygens (including phenoxy) is 1. The van der Waals surface area contributed by atoms with Gasteiger partial charge in [0.25, 0.3) is 0 Å². The molecule has 2 rings (SSSR count). The topological polar surface area (TPSA) is 38.7 Å². The Labute approximate surface area is 120 Å². The van der Waals surface area contributed by atoms with Crippen LogP contribution in [-0.2, 0) is 4.74 Å². The lowest BCUT2D eigenvalue weighted by Crippen LogP contribution is -2.15. The number of halogens is 2. The zero-order valence-electron chi connectivity index (χ0n) is 9.99. The molecule has 1 aliphatic carbocycles. The highest BCUT2D eigenvalue weighted by Crippen LogP contribution is 2.28. The summed E-state index contributed by atoms with van der Waals surface area (Å²) in [6.45, 7) is 0. The van der Waals surface area contributed by atoms with Crippen LogP contribution in [0.5, 0.6) is 0 Å². The lowest BCUT2D eigenvalue weighted by Gasteiger charge is -2.12. The minimum absolute atomic E-state index is 0.00353. The number of nitrogens with zero attached hydrogens (tertiary/aromatic N) is 1. The zero-order valence-corrected chi connectivity index (χ0v) is 11.6. The van der Waals surface area contributed by atoms with Crippen LogP contribution in [0.1, 0.15) is 36.0 Å². The first-order valence-corrected chi connectivity index (χ1v) is 6.68. The van der Waals surface area contributed by atoms with Crippen LogP contribution in [-0.4, -0.2) is 17.2 Å². The molecule has 0 aliphatic heterocycles. The zero-order chi connectivity index (χ0) is 13.8. The Bertz CT molecular complexity index is 552. The van der Waals surface area contributed by atoms with Crippen molar-refractivity contribution in [2.24, 2.45) is 4.99 Å². The van der Waals surface area contributed by atoms with Gasteiger partial charge in [0.05, 0.1) is 15.7 Å². The summed E-state index contributed by atoms with van der Waals surface area (Å²) in [6.07, 6.45) is 3.74. The first-order chi connectivity index (χ1) is 9.11. The Morgan fingerprint density at radius 3 is 2.79 bits per heavy atom. The molecule has 0 unspecified atom stereocenters. The van der Waals surface area contributed by atoms with Gasteiger partial charge in [0, 0.05) is 0 Å². The third kappa shape index (κ3) is 3.38. The van der Waals surface area contributed by atoms with Gasteiger partial charge in [-0.05, 0) is 50.0 Å². The van der Waals surface area contributed by atoms with Crippen molar-refractivity contribution < 1.29 is 13.9 Å². The van der Waals surface area contributed by atoms with E-state index in [1.54, 1.807) is 0 Å². The molecule has 0 bridgehead atoms. The lowest BCUT2D eigenvalue weighted by molar-refractivity contribution is 0.0318. The Hall–Kier alpha value is -1.29. The van der Waals surface area contributed by atoms with Gasteiger partial charge >= 0.3 is 5.97 Å². The average molecular weight is 300 g/mol. The van der Waals surface area contributed by atoms with E-state index in [2.05, 4.69) is 22.4 Å². The standard InChI is InChI=1S/C13H11ClFNO2S/c14-10-6-11(15)12(16-7-19)5-9(10)13(17)18-8-3-1-2-4-8/h5-6,8H,1-4H2. The van der Waals surface area contributed by atoms with E-state index in [4.69, 9.17) is 16.3 Å². The minimum Gasteiger partial charge on any atom is -0.459 e. The maximum Gasteiger partial charge on any atom is 0.340 e. The van der Waals surface area contributed by atoms with Crippen molar-refractivity contribution in [1.82, 2.24) is 0 Å². The van der Waals surface area contributed by atoms with Gasteiger partial charge in [0.1, 0.15) is 11.8 Å². The number of carbonyl (C=O) groups excluding carboxylic acids is 1. The lowest BCUT2D eigenvalue weighted by atomic mass is 10.2. The fourth-order valence-electron chi connectivity index (χ4n) is 2.05. The molecule has 0 saturated heterocycles. The number of esters is 1. The Kier molecular flexibility index (Phi) is 4.64. The summed E-state index contributed by atoms with van der Waals surface area (Å²) >= 11 is 10.3. The molecule has 1 aromatic rings. The van der Waals surface area contributed by atoms with Crippen LogP contribution < -0.4 is 0 Å². The van der Waals surface area contributed by atoms with E-state index >= 15 is 0 Å². The predicted molar refractivity (Wildman–Crippen MR) is 73.8 cm³/mol. The van der Waals surface area contributed by atoms with Crippen LogP contribution in [0.15, 0.2) is 17.1 Å². The van der Waals surface area contributed by atoms with Crippen LogP contribution in [0.4, 0.5) is 10.1 Å². The molecule has 0 N–H and O–H groups in total. The van der Waals surface area contributed by atoms with Gasteiger partial charge in [-0.3, -0.25) is 0 Å². The molecule has 0 spiro atoms. The van der Waals surface area contributed by atoms with Crippen LogP contribution in [0.2, 0.25) is 5.02 Å². The van der Waals surface area contributed by atoms with Gasteiger partial charge in [-0.2, -0.15) is 4.99 Å². The van der Waals surface area contributed by atoms with E-state index in [1.807, 2.05) is 0 Å². The molecule has 0 amide bonds. The number of aliphatic imine (C=N–C) groups is 1. The molecule has 1 aromatic carbocycles. The van der Waals surface area contributed by atoms with E-state index in [0.29, 0.717) is 0 Å². The van der Waals surface area contributed by atoms with Crippen molar-refractivity contribution >= 4 is 40.6 Å². The molecule has 1 aliphatic rings. The van der Waals surface area contributed by atoms with Crippen molar-refractivity contribution in [2.45, 2.75) is 31.8 Å². The third-order valence-electron chi connectivity index (χ3n) is 3.00. The Morgan fingerprint density at radius 1 is 1.47 bits per heavy atom. The first kappa shape index (κ1) is 14.1. The van der Waals surface area contributed by atoms with Crippen molar-refractivity contribution in [2.75, 3.05) is 0 Å². The van der Waals surface area contributed by atoms with Crippen LogP contribution in [0.3, 0.4) is 0 Å². The Balaban J connectivity index is 2.24. The molecule has 0 atom stereocenters. The fraction of sp³-hybridized carbons (Fsp3) is 0.385. The van der Waals surface area contributed by atoms with E-state index in [1.165, 1.54) is 6.07 Å². The quantitative estimate of drug-likeness (QED) is 0.474. The smallest absolute Gasteiger partial charge is 0.340 e. The number of benzene rings is 1. The van der Waals surface area contributed by atoms with Gasteiger partial charge in [-0.15, -0.1) is 0 Å². The second-order valence-electron chi connectivity index (χ2n) is 4.30. The highest BCUT2D eigenvalue weighted by Gasteiger charge is 2.22. The molecule has 3 nitrogen and oxygen atoms in total. The van der Waals surface area contributed by atoms with Crippen molar-refractivity contribution in [3.8, 4) is 0 Å². The molecule has 1 fully saturated rings. The second kappa shape index (κ2) is 6.24. The van der Waals surface area contributed by atoms with Gasteiger partial charge in [-0.1, -0.05) is 11.6 Å². The summed E-state index contributed by atoms with van der Waals surface area (Å²) in [5.41, 5.74) is 0.0248. The minimum atomic E-state index is -0.653. The largest absolute Gasteiger partial charge is 0.459 e. The summed E-state index contributed by atoms with van der Waals surface area (Å²) in [5, 5.41) is 2.06. The van der Waals surface area contributed by atoms with Gasteiger partial charge in [0.2, 0.25) is 0 Å². The molecular weight excluding hydrogens is 289 g/mol. The van der Waals surface area contributed by atoms with E-state index in [9.17, 15) is 9.18 Å². The molecule has 0 aromatic heterocycles. The SMILES string of the molecule is O=C(OC1CCCC1)c1cc(N=C=S)c(F)cc1Cl. The summed E-state index contributed by atoms with van der Waals surface area (Å²) in [7, 11) is 0. The van der Waals surface area contributed by atoms with E-state index < -0.39 is 11.8 Å². The fourth-order valence-corrected chi connectivity index (χ4v) is 2.38. The summed E-state index contributed by atoms with van der Waals surface area (Å²) in [5.74, 6) is -1.21. The average Bonchev–Trinajstić information content (AvgIpc) is 2.85. The highest BCUT2D eigenvalue weighted by atomic mass is 35.5. The maximum atomic E-state index is 13.5. The van der Waals surface area contributed by atoms with Gasteiger partial charge < -0.3 is 4.74 Å². The molecule has 0 radical (unpaired) electrons. The van der Waals surface area contributed by atoms with Crippen molar-refractivity contribution in [1.29, 1.82) is 0 Å². The van der Waals surface area contributed by atoms with Crippen molar-refractivity contribution in [3.63, 3.8) is 0 Å². The number of isothiocyanates is 1. The molecular formula is C13H11ClFNO2S. The van der Waals surface area contributed by atoms with E-state index in [-0.39, 0.29) is 22.4 Å². The first-order valence-electron chi connectivity index (χ1n) is 5.89. The molecule has 6 heteroatoms. The summed E-state index contributed by atoms with van der Waals surface area (Å²) in [4.78, 5) is 15.5. The summed E-state index contributed by atoms with van der Waals surface area (Å²) < 4.78 is 18.8. The number of hydrogen-bond acceptors (Lipinski definition) is 4. The third-order valence-corrected chi connectivity index (χ3v) is 3.40. The second-order valence-corrected chi connectivity index (χ2v) is 4.89. The number of rotatable bonds is 3. The molecule has 100 valence electrons. The van der Waals surface area contributed by atoms with Crippen LogP contribution >= 0.6 is 23.8 Å². The number of hydrogen-bond donors (Lipinski definition) is 0. The molecule has 1 saturated carbocycles. The maximum absolute atomic E-state index is 13.5.